The third-order valence-electron chi connectivity index (χ3n) is 6.47. The van der Waals surface area contributed by atoms with Crippen molar-refractivity contribution in [1.29, 1.82) is 0 Å². The van der Waals surface area contributed by atoms with E-state index in [1.807, 2.05) is 35.2 Å². The van der Waals surface area contributed by atoms with Crippen molar-refractivity contribution in [1.82, 2.24) is 19.7 Å². The number of aromatic nitrogens is 3. The fourth-order valence-corrected chi connectivity index (χ4v) is 4.99. The Balaban J connectivity index is 1.42. The topological polar surface area (TPSA) is 92.2 Å². The van der Waals surface area contributed by atoms with E-state index in [4.69, 9.17) is 4.74 Å². The zero-order valence-electron chi connectivity index (χ0n) is 20.1. The summed E-state index contributed by atoms with van der Waals surface area (Å²) >= 11 is 0. The van der Waals surface area contributed by atoms with E-state index >= 15 is 0 Å². The fraction of sp³-hybridized carbons (Fsp3) is 0.296. The molecule has 1 aliphatic rings. The van der Waals surface area contributed by atoms with Crippen LogP contribution in [0.3, 0.4) is 0 Å². The first-order chi connectivity index (χ1) is 17.0. The van der Waals surface area contributed by atoms with Gasteiger partial charge in [-0.2, -0.15) is 5.10 Å². The van der Waals surface area contributed by atoms with Crippen molar-refractivity contribution in [2.24, 2.45) is 5.92 Å². The van der Waals surface area contributed by atoms with Gasteiger partial charge >= 0.3 is 0 Å². The summed E-state index contributed by atoms with van der Waals surface area (Å²) in [5, 5.41) is 8.32. The molecule has 2 N–H and O–H groups in total. The molecule has 8 nitrogen and oxygen atoms in total. The summed E-state index contributed by atoms with van der Waals surface area (Å²) in [4.78, 5) is 31.1. The van der Waals surface area contributed by atoms with Gasteiger partial charge in [0, 0.05) is 35.8 Å². The smallest absolute Gasteiger partial charge is 0.254 e. The molecule has 8 heteroatoms. The van der Waals surface area contributed by atoms with Crippen molar-refractivity contribution < 1.29 is 14.3 Å². The summed E-state index contributed by atoms with van der Waals surface area (Å²) in [7, 11) is 1.47. The number of ether oxygens (including phenoxy) is 1. The highest BCUT2D eigenvalue weighted by molar-refractivity contribution is 5.96. The predicted octanol–water partition coefficient (Wildman–Crippen LogP) is 4.33. The highest BCUT2D eigenvalue weighted by Crippen LogP contribution is 2.39. The Hall–Kier alpha value is -3.91. The van der Waals surface area contributed by atoms with E-state index in [0.717, 1.165) is 23.3 Å². The number of fused-ring (bicyclic) bond motifs is 3. The van der Waals surface area contributed by atoms with Crippen molar-refractivity contribution in [2.45, 2.75) is 26.3 Å². The first kappa shape index (κ1) is 22.9. The largest absolute Gasteiger partial charge is 0.375 e. The molecule has 4 aromatic rings. The SMILES string of the molecule is COCC(=O)Nc1cnn(-c2cccc(C(=O)N3CCc4c([nH]c5ccccc45)[C@H]3C(C)C)c2)c1. The molecule has 1 aliphatic heterocycles. The lowest BCUT2D eigenvalue weighted by Crippen LogP contribution is -2.42. The van der Waals surface area contributed by atoms with Crippen molar-refractivity contribution in [3.63, 3.8) is 0 Å². The second-order valence-corrected chi connectivity index (χ2v) is 9.21. The molecule has 2 aromatic heterocycles. The van der Waals surface area contributed by atoms with Crippen LogP contribution in [0, 0.1) is 5.92 Å². The zero-order chi connectivity index (χ0) is 24.5. The second-order valence-electron chi connectivity index (χ2n) is 9.21. The van der Waals surface area contributed by atoms with E-state index in [9.17, 15) is 9.59 Å². The van der Waals surface area contributed by atoms with Gasteiger partial charge in [0.1, 0.15) is 6.61 Å². The molecule has 1 atom stereocenters. The molecule has 0 bridgehead atoms. The van der Waals surface area contributed by atoms with Gasteiger partial charge < -0.3 is 19.9 Å². The number of anilines is 1. The Morgan fingerprint density at radius 3 is 2.83 bits per heavy atom. The number of H-pyrrole nitrogens is 1. The van der Waals surface area contributed by atoms with Gasteiger partial charge in [-0.15, -0.1) is 0 Å². The van der Waals surface area contributed by atoms with Gasteiger partial charge in [0.15, 0.2) is 0 Å². The van der Waals surface area contributed by atoms with Crippen LogP contribution < -0.4 is 5.32 Å². The van der Waals surface area contributed by atoms with Gasteiger partial charge in [0.05, 0.1) is 29.8 Å². The monoisotopic (exact) mass is 471 g/mol. The van der Waals surface area contributed by atoms with Crippen LogP contribution >= 0.6 is 0 Å². The molecule has 0 fully saturated rings. The Kier molecular flexibility index (Phi) is 6.13. The third kappa shape index (κ3) is 4.33. The Morgan fingerprint density at radius 1 is 1.20 bits per heavy atom. The first-order valence-corrected chi connectivity index (χ1v) is 11.8. The number of hydrogen-bond donors (Lipinski definition) is 2. The molecular formula is C27H29N5O3. The minimum Gasteiger partial charge on any atom is -0.375 e. The van der Waals surface area contributed by atoms with E-state index in [1.165, 1.54) is 18.1 Å². The number of benzene rings is 2. The van der Waals surface area contributed by atoms with Gasteiger partial charge in [-0.25, -0.2) is 4.68 Å². The van der Waals surface area contributed by atoms with Crippen molar-refractivity contribution >= 4 is 28.4 Å². The summed E-state index contributed by atoms with van der Waals surface area (Å²) in [5.41, 5.74) is 5.48. The molecule has 0 aliphatic carbocycles. The molecule has 35 heavy (non-hydrogen) atoms. The Labute approximate surface area is 203 Å². The van der Waals surface area contributed by atoms with Crippen molar-refractivity contribution in [3.05, 3.63) is 77.7 Å². The zero-order valence-corrected chi connectivity index (χ0v) is 20.1. The highest BCUT2D eigenvalue weighted by Gasteiger charge is 2.35. The highest BCUT2D eigenvalue weighted by atomic mass is 16.5. The van der Waals surface area contributed by atoms with Crippen LogP contribution in [0.5, 0.6) is 0 Å². The van der Waals surface area contributed by atoms with E-state index in [-0.39, 0.29) is 30.4 Å². The number of rotatable bonds is 6. The molecular weight excluding hydrogens is 442 g/mol. The lowest BCUT2D eigenvalue weighted by molar-refractivity contribution is -0.119. The number of carbonyl (C=O) groups is 2. The predicted molar refractivity (Wildman–Crippen MR) is 135 cm³/mol. The number of nitrogens with zero attached hydrogens (tertiary/aromatic N) is 3. The van der Waals surface area contributed by atoms with Crippen molar-refractivity contribution in [3.8, 4) is 5.69 Å². The number of aromatic amines is 1. The van der Waals surface area contributed by atoms with E-state index in [1.54, 1.807) is 17.1 Å². The van der Waals surface area contributed by atoms with Gasteiger partial charge in [0.25, 0.3) is 5.91 Å². The van der Waals surface area contributed by atoms with Crippen LogP contribution in [0.25, 0.3) is 16.6 Å². The summed E-state index contributed by atoms with van der Waals surface area (Å²) in [5.74, 6) is -0.00795. The summed E-state index contributed by atoms with van der Waals surface area (Å²) in [6, 6.07) is 15.7. The first-order valence-electron chi connectivity index (χ1n) is 11.8. The second kappa shape index (κ2) is 9.38. The van der Waals surface area contributed by atoms with Gasteiger partial charge in [0.2, 0.25) is 5.91 Å². The average Bonchev–Trinajstić information content (AvgIpc) is 3.47. The van der Waals surface area contributed by atoms with E-state index < -0.39 is 0 Å². The molecule has 0 saturated heterocycles. The minimum absolute atomic E-state index is 0.00404. The van der Waals surface area contributed by atoms with Crippen LogP contribution in [0.4, 0.5) is 5.69 Å². The summed E-state index contributed by atoms with van der Waals surface area (Å²) in [6.07, 6.45) is 4.10. The Bertz CT molecular complexity index is 1390. The number of amides is 2. The van der Waals surface area contributed by atoms with E-state index in [2.05, 4.69) is 47.4 Å². The van der Waals surface area contributed by atoms with Crippen LogP contribution in [0.1, 0.15) is 41.5 Å². The summed E-state index contributed by atoms with van der Waals surface area (Å²) in [6.45, 7) is 4.95. The van der Waals surface area contributed by atoms with Crippen LogP contribution in [-0.2, 0) is 16.0 Å². The third-order valence-corrected chi connectivity index (χ3v) is 6.47. The standard InChI is InChI=1S/C27H29N5O3/c1-17(2)26-25-22(21-9-4-5-10-23(21)30-25)11-12-31(26)27(34)18-7-6-8-20(13-18)32-15-19(14-28-32)29-24(33)16-35-3/h4-10,13-15,17,26,30H,11-12,16H2,1-3H3,(H,29,33)/t26-/m1/s1. The maximum atomic E-state index is 13.8. The quantitative estimate of drug-likeness (QED) is 0.438. The molecule has 0 saturated carbocycles. The number of para-hydroxylation sites is 1. The molecule has 0 spiro atoms. The number of methoxy groups -OCH3 is 1. The number of hydrogen-bond acceptors (Lipinski definition) is 4. The molecule has 180 valence electrons. The lowest BCUT2D eigenvalue weighted by atomic mass is 9.89. The molecule has 5 rings (SSSR count). The minimum atomic E-state index is -0.253. The number of carbonyl (C=O) groups excluding carboxylic acids is 2. The maximum absolute atomic E-state index is 13.8. The molecule has 2 aromatic carbocycles. The lowest BCUT2D eigenvalue weighted by Gasteiger charge is -2.38. The van der Waals surface area contributed by atoms with Crippen LogP contribution in [0.2, 0.25) is 0 Å². The van der Waals surface area contributed by atoms with Crippen LogP contribution in [0.15, 0.2) is 60.9 Å². The average molecular weight is 472 g/mol. The Morgan fingerprint density at radius 2 is 2.03 bits per heavy atom. The summed E-state index contributed by atoms with van der Waals surface area (Å²) < 4.78 is 6.49. The molecule has 0 radical (unpaired) electrons. The molecule has 3 heterocycles. The fourth-order valence-electron chi connectivity index (χ4n) is 4.99. The maximum Gasteiger partial charge on any atom is 0.254 e. The molecule has 2 amide bonds. The van der Waals surface area contributed by atoms with E-state index in [0.29, 0.717) is 17.8 Å². The molecule has 0 unspecified atom stereocenters. The van der Waals surface area contributed by atoms with Gasteiger partial charge in [-0.3, -0.25) is 9.59 Å². The number of nitrogens with one attached hydrogen (secondary N) is 2. The van der Waals surface area contributed by atoms with Gasteiger partial charge in [-0.05, 0) is 42.2 Å². The normalized spacial score (nSPS) is 15.4. The van der Waals surface area contributed by atoms with Crippen LogP contribution in [-0.4, -0.2) is 51.7 Å². The van der Waals surface area contributed by atoms with Gasteiger partial charge in [-0.1, -0.05) is 38.1 Å². The van der Waals surface area contributed by atoms with Crippen molar-refractivity contribution in [2.75, 3.05) is 25.6 Å².